The maximum absolute atomic E-state index is 12.1. The van der Waals surface area contributed by atoms with Crippen molar-refractivity contribution in [3.8, 4) is 5.75 Å². The Labute approximate surface area is 167 Å². The zero-order valence-electron chi connectivity index (χ0n) is 14.1. The van der Waals surface area contributed by atoms with Crippen molar-refractivity contribution in [1.29, 1.82) is 0 Å². The van der Waals surface area contributed by atoms with Crippen LogP contribution in [0.3, 0.4) is 0 Å². The number of nitrogens with one attached hydrogen (secondary N) is 1. The number of carbonyl (C=O) groups excluding carboxylic acids is 3. The minimum atomic E-state index is -0.455. The second-order valence-electron chi connectivity index (χ2n) is 5.48. The van der Waals surface area contributed by atoms with Gasteiger partial charge in [0.05, 0.1) is 10.5 Å². The summed E-state index contributed by atoms with van der Waals surface area (Å²) in [5.41, 5.74) is 1.19. The Morgan fingerprint density at radius 2 is 1.78 bits per heavy atom. The van der Waals surface area contributed by atoms with Crippen molar-refractivity contribution in [1.82, 2.24) is 5.32 Å². The molecule has 0 atom stereocenters. The standard InChI is InChI=1S/C19H13BrN2O4S/c1-11(23)21-19-22-17(24)16(27-19)10-12-2-8-15(9-3-12)26-18(25)13-4-6-14(20)7-5-13/h2-10H,1H3,(H,21,22,23,24)/b16-10-. The van der Waals surface area contributed by atoms with E-state index in [-0.39, 0.29) is 11.1 Å². The van der Waals surface area contributed by atoms with Gasteiger partial charge in [-0.25, -0.2) is 4.79 Å². The minimum Gasteiger partial charge on any atom is -0.423 e. The van der Waals surface area contributed by atoms with Gasteiger partial charge in [-0.05, 0) is 59.8 Å². The van der Waals surface area contributed by atoms with Crippen molar-refractivity contribution in [3.63, 3.8) is 0 Å². The number of aliphatic imine (C=N–C) groups is 1. The topological polar surface area (TPSA) is 84.8 Å². The molecule has 0 bridgehead atoms. The van der Waals surface area contributed by atoms with Gasteiger partial charge in [-0.15, -0.1) is 0 Å². The molecule has 1 heterocycles. The van der Waals surface area contributed by atoms with Gasteiger partial charge in [-0.3, -0.25) is 9.59 Å². The van der Waals surface area contributed by atoms with Crippen LogP contribution >= 0.6 is 27.7 Å². The van der Waals surface area contributed by atoms with E-state index < -0.39 is 11.9 Å². The first kappa shape index (κ1) is 19.1. The van der Waals surface area contributed by atoms with Crippen LogP contribution in [0.1, 0.15) is 22.8 Å². The Hall–Kier alpha value is -2.71. The first-order chi connectivity index (χ1) is 12.9. The largest absolute Gasteiger partial charge is 0.423 e. The zero-order valence-corrected chi connectivity index (χ0v) is 16.5. The van der Waals surface area contributed by atoms with Crippen molar-refractivity contribution < 1.29 is 19.1 Å². The van der Waals surface area contributed by atoms with Crippen molar-refractivity contribution in [2.75, 3.05) is 0 Å². The number of halogens is 1. The molecule has 0 spiro atoms. The van der Waals surface area contributed by atoms with Crippen molar-refractivity contribution in [3.05, 3.63) is 69.0 Å². The summed E-state index contributed by atoms with van der Waals surface area (Å²) < 4.78 is 6.21. The summed E-state index contributed by atoms with van der Waals surface area (Å²) in [6.45, 7) is 1.35. The normalized spacial score (nSPS) is 14.8. The lowest BCUT2D eigenvalue weighted by atomic mass is 10.2. The first-order valence-electron chi connectivity index (χ1n) is 7.79. The summed E-state index contributed by atoms with van der Waals surface area (Å²) >= 11 is 4.41. The van der Waals surface area contributed by atoms with Crippen molar-refractivity contribution >= 4 is 56.7 Å². The smallest absolute Gasteiger partial charge is 0.343 e. The molecule has 3 rings (SSSR count). The average molecular weight is 445 g/mol. The molecule has 0 radical (unpaired) electrons. The lowest BCUT2D eigenvalue weighted by Gasteiger charge is -2.05. The van der Waals surface area contributed by atoms with E-state index in [2.05, 4.69) is 26.2 Å². The molecule has 2 aromatic carbocycles. The van der Waals surface area contributed by atoms with E-state index in [0.717, 1.165) is 21.8 Å². The van der Waals surface area contributed by atoms with Gasteiger partial charge >= 0.3 is 5.97 Å². The number of hydrogen-bond acceptors (Lipinski definition) is 5. The molecule has 27 heavy (non-hydrogen) atoms. The molecule has 6 nitrogen and oxygen atoms in total. The highest BCUT2D eigenvalue weighted by molar-refractivity contribution is 9.10. The van der Waals surface area contributed by atoms with E-state index >= 15 is 0 Å². The number of amides is 2. The van der Waals surface area contributed by atoms with E-state index in [9.17, 15) is 14.4 Å². The molecule has 2 aromatic rings. The highest BCUT2D eigenvalue weighted by Crippen LogP contribution is 2.28. The summed E-state index contributed by atoms with van der Waals surface area (Å²) in [6, 6.07) is 13.6. The van der Waals surface area contributed by atoms with Gasteiger partial charge in [0.2, 0.25) is 5.91 Å². The molecule has 8 heteroatoms. The molecule has 0 saturated carbocycles. The fourth-order valence-electron chi connectivity index (χ4n) is 2.15. The number of amidine groups is 1. The van der Waals surface area contributed by atoms with Gasteiger partial charge in [0.15, 0.2) is 5.17 Å². The summed E-state index contributed by atoms with van der Waals surface area (Å²) in [6.07, 6.45) is 1.66. The second kappa shape index (κ2) is 8.32. The van der Waals surface area contributed by atoms with Gasteiger partial charge in [-0.1, -0.05) is 28.1 Å². The van der Waals surface area contributed by atoms with E-state index in [1.54, 1.807) is 54.6 Å². The Morgan fingerprint density at radius 1 is 1.11 bits per heavy atom. The molecule has 0 unspecified atom stereocenters. The number of ether oxygens (including phenoxy) is 1. The highest BCUT2D eigenvalue weighted by Gasteiger charge is 2.22. The van der Waals surface area contributed by atoms with Gasteiger partial charge in [0.1, 0.15) is 5.75 Å². The number of nitrogens with zero attached hydrogens (tertiary/aromatic N) is 1. The fourth-order valence-corrected chi connectivity index (χ4v) is 3.27. The summed E-state index contributed by atoms with van der Waals surface area (Å²) in [5.74, 6) is -0.754. The average Bonchev–Trinajstić information content (AvgIpc) is 2.95. The SMILES string of the molecule is CC(=O)NC1=NC(=O)/C(=C/c2ccc(OC(=O)c3ccc(Br)cc3)cc2)S1. The fraction of sp³-hybridized carbons (Fsp3) is 0.0526. The molecule has 0 aromatic heterocycles. The molecular weight excluding hydrogens is 432 g/mol. The maximum Gasteiger partial charge on any atom is 0.343 e. The molecule has 2 amide bonds. The van der Waals surface area contributed by atoms with E-state index in [1.807, 2.05) is 0 Å². The van der Waals surface area contributed by atoms with Crippen LogP contribution in [0.25, 0.3) is 6.08 Å². The van der Waals surface area contributed by atoms with Crippen LogP contribution in [-0.4, -0.2) is 23.0 Å². The monoisotopic (exact) mass is 444 g/mol. The van der Waals surface area contributed by atoms with Gasteiger partial charge in [-0.2, -0.15) is 4.99 Å². The van der Waals surface area contributed by atoms with E-state index in [4.69, 9.17) is 4.74 Å². The lowest BCUT2D eigenvalue weighted by molar-refractivity contribution is -0.117. The molecular formula is C19H13BrN2O4S. The summed E-state index contributed by atoms with van der Waals surface area (Å²) in [5, 5.41) is 2.75. The van der Waals surface area contributed by atoms with Crippen LogP contribution in [0.2, 0.25) is 0 Å². The van der Waals surface area contributed by atoms with Gasteiger partial charge < -0.3 is 10.1 Å². The Kier molecular flexibility index (Phi) is 5.88. The third kappa shape index (κ3) is 5.15. The molecule has 1 N–H and O–H groups in total. The molecule has 1 aliphatic rings. The van der Waals surface area contributed by atoms with Crippen LogP contribution in [0.15, 0.2) is 62.9 Å². The number of hydrogen-bond donors (Lipinski definition) is 1. The number of thioether (sulfide) groups is 1. The Balaban J connectivity index is 1.65. The number of benzene rings is 2. The Morgan fingerprint density at radius 3 is 2.41 bits per heavy atom. The van der Waals surface area contributed by atoms with E-state index in [0.29, 0.717) is 16.2 Å². The van der Waals surface area contributed by atoms with Crippen LogP contribution in [0.5, 0.6) is 5.75 Å². The predicted molar refractivity (Wildman–Crippen MR) is 107 cm³/mol. The third-order valence-electron chi connectivity index (χ3n) is 3.37. The number of carbonyl (C=O) groups is 3. The minimum absolute atomic E-state index is 0.263. The predicted octanol–water partition coefficient (Wildman–Crippen LogP) is 3.77. The highest BCUT2D eigenvalue weighted by atomic mass is 79.9. The molecule has 0 fully saturated rings. The summed E-state index contributed by atoms with van der Waals surface area (Å²) in [7, 11) is 0. The van der Waals surface area contributed by atoms with Crippen molar-refractivity contribution in [2.45, 2.75) is 6.92 Å². The molecule has 0 saturated heterocycles. The molecule has 0 aliphatic carbocycles. The zero-order chi connectivity index (χ0) is 19.4. The summed E-state index contributed by atoms with van der Waals surface area (Å²) in [4.78, 5) is 39.2. The quantitative estimate of drug-likeness (QED) is 0.442. The first-order valence-corrected chi connectivity index (χ1v) is 9.39. The van der Waals surface area contributed by atoms with E-state index in [1.165, 1.54) is 6.92 Å². The molecule has 136 valence electrons. The molecule has 1 aliphatic heterocycles. The maximum atomic E-state index is 12.1. The van der Waals surface area contributed by atoms with Crippen molar-refractivity contribution in [2.24, 2.45) is 4.99 Å². The van der Waals surface area contributed by atoms with Crippen LogP contribution in [0, 0.1) is 0 Å². The van der Waals surface area contributed by atoms with Crippen LogP contribution in [-0.2, 0) is 9.59 Å². The van der Waals surface area contributed by atoms with Crippen LogP contribution < -0.4 is 10.1 Å². The number of rotatable bonds is 3. The van der Waals surface area contributed by atoms with Crippen LogP contribution in [0.4, 0.5) is 0 Å². The van der Waals surface area contributed by atoms with Gasteiger partial charge in [0.25, 0.3) is 5.91 Å². The lowest BCUT2D eigenvalue weighted by Crippen LogP contribution is -2.23. The van der Waals surface area contributed by atoms with Gasteiger partial charge in [0, 0.05) is 11.4 Å². The second-order valence-corrected chi connectivity index (χ2v) is 7.43. The third-order valence-corrected chi connectivity index (χ3v) is 4.80. The number of esters is 1. The Bertz CT molecular complexity index is 966.